The van der Waals surface area contributed by atoms with Gasteiger partial charge in [0.15, 0.2) is 0 Å². The second-order valence-electron chi connectivity index (χ2n) is 6.05. The molecule has 0 aliphatic heterocycles. The van der Waals surface area contributed by atoms with Gasteiger partial charge in [0.25, 0.3) is 0 Å². The molecule has 0 saturated heterocycles. The van der Waals surface area contributed by atoms with Crippen molar-refractivity contribution >= 4 is 11.8 Å². The molecule has 100 valence electrons. The Hall–Kier alpha value is -1.58. The molecule has 3 saturated carbocycles. The Labute approximate surface area is 112 Å². The predicted molar refractivity (Wildman–Crippen MR) is 70.8 cm³/mol. The summed E-state index contributed by atoms with van der Waals surface area (Å²) < 4.78 is 4.81. The fourth-order valence-electron chi connectivity index (χ4n) is 4.47. The zero-order chi connectivity index (χ0) is 13.0. The van der Waals surface area contributed by atoms with E-state index < -0.39 is 0 Å². The number of hydrogen-bond acceptors (Lipinski definition) is 4. The van der Waals surface area contributed by atoms with Gasteiger partial charge < -0.3 is 10.1 Å². The van der Waals surface area contributed by atoms with Crippen molar-refractivity contribution in [2.75, 3.05) is 12.4 Å². The number of ether oxygens (including phenoxy) is 1. The quantitative estimate of drug-likeness (QED) is 0.845. The molecule has 4 atom stereocenters. The van der Waals surface area contributed by atoms with Crippen LogP contribution in [0.15, 0.2) is 18.3 Å². The molecule has 1 aromatic rings. The Bertz CT molecular complexity index is 515. The number of nitrogens with one attached hydrogen (secondary N) is 1. The van der Waals surface area contributed by atoms with E-state index in [0.29, 0.717) is 17.4 Å². The van der Waals surface area contributed by atoms with Crippen molar-refractivity contribution < 1.29 is 9.53 Å². The maximum atomic E-state index is 11.7. The second kappa shape index (κ2) is 3.95. The van der Waals surface area contributed by atoms with Crippen LogP contribution < -0.4 is 5.32 Å². The molecule has 1 heterocycles. The van der Waals surface area contributed by atoms with Crippen molar-refractivity contribution in [2.45, 2.75) is 25.3 Å². The van der Waals surface area contributed by atoms with E-state index in [1.54, 1.807) is 18.3 Å². The fraction of sp³-hybridized carbons (Fsp3) is 0.600. The van der Waals surface area contributed by atoms with Crippen LogP contribution in [0.1, 0.15) is 29.6 Å². The number of pyridine rings is 1. The van der Waals surface area contributed by atoms with Crippen LogP contribution >= 0.6 is 0 Å². The molecule has 4 heteroatoms. The highest BCUT2D eigenvalue weighted by atomic mass is 16.5. The summed E-state index contributed by atoms with van der Waals surface area (Å²) in [6.45, 7) is 0. The van der Waals surface area contributed by atoms with Crippen LogP contribution in [-0.4, -0.2) is 24.1 Å². The number of hydrogen-bond donors (Lipinski definition) is 1. The third kappa shape index (κ3) is 1.58. The summed E-state index contributed by atoms with van der Waals surface area (Å²) in [5.41, 5.74) is 0.544. The third-order valence-corrected chi connectivity index (χ3v) is 5.25. The molecule has 19 heavy (non-hydrogen) atoms. The van der Waals surface area contributed by atoms with E-state index in [9.17, 15) is 4.79 Å². The van der Waals surface area contributed by atoms with E-state index >= 15 is 0 Å². The van der Waals surface area contributed by atoms with E-state index in [1.807, 2.05) is 0 Å². The molecule has 0 radical (unpaired) electrons. The summed E-state index contributed by atoms with van der Waals surface area (Å²) in [6.07, 6.45) is 5.95. The lowest BCUT2D eigenvalue weighted by Crippen LogP contribution is -2.16. The van der Waals surface area contributed by atoms with E-state index in [-0.39, 0.29) is 5.97 Å². The minimum atomic E-state index is -0.315. The molecular formula is C15H18N2O2. The van der Waals surface area contributed by atoms with Gasteiger partial charge in [0.05, 0.1) is 7.11 Å². The smallest absolute Gasteiger partial charge is 0.341 e. The molecule has 2 bridgehead atoms. The Balaban J connectivity index is 1.54. The molecule has 3 fully saturated rings. The summed E-state index contributed by atoms with van der Waals surface area (Å²) >= 11 is 0. The molecule has 0 spiro atoms. The molecule has 3 aliphatic rings. The van der Waals surface area contributed by atoms with Crippen molar-refractivity contribution in [3.63, 3.8) is 0 Å². The van der Waals surface area contributed by atoms with Gasteiger partial charge in [0, 0.05) is 12.2 Å². The normalized spacial score (nSPS) is 37.8. The molecule has 1 aromatic heterocycles. The first-order valence-electron chi connectivity index (χ1n) is 7.09. The van der Waals surface area contributed by atoms with E-state index in [2.05, 4.69) is 10.3 Å². The number of esters is 1. The Morgan fingerprint density at radius 1 is 1.37 bits per heavy atom. The maximum Gasteiger partial charge on any atom is 0.341 e. The van der Waals surface area contributed by atoms with Gasteiger partial charge in [-0.1, -0.05) is 0 Å². The van der Waals surface area contributed by atoms with Gasteiger partial charge in [0.2, 0.25) is 0 Å². The highest BCUT2D eigenvalue weighted by Gasteiger charge is 2.65. The van der Waals surface area contributed by atoms with Crippen LogP contribution in [0.4, 0.5) is 5.82 Å². The number of fused-ring (bicyclic) bond motifs is 5. The minimum Gasteiger partial charge on any atom is -0.465 e. The highest BCUT2D eigenvalue weighted by molar-refractivity contribution is 5.94. The van der Waals surface area contributed by atoms with Gasteiger partial charge in [-0.25, -0.2) is 9.78 Å². The van der Waals surface area contributed by atoms with Crippen molar-refractivity contribution in [1.29, 1.82) is 0 Å². The van der Waals surface area contributed by atoms with Gasteiger partial charge in [-0.3, -0.25) is 0 Å². The average Bonchev–Trinajstić information content (AvgIpc) is 2.85. The fourth-order valence-corrected chi connectivity index (χ4v) is 4.47. The van der Waals surface area contributed by atoms with Gasteiger partial charge in [-0.15, -0.1) is 0 Å². The van der Waals surface area contributed by atoms with Crippen molar-refractivity contribution in [3.8, 4) is 0 Å². The van der Waals surface area contributed by atoms with Gasteiger partial charge >= 0.3 is 5.97 Å². The van der Waals surface area contributed by atoms with Crippen LogP contribution in [0.25, 0.3) is 0 Å². The standard InChI is InChI=1S/C15H18N2O2/c1-19-15(18)10-3-2-6-16-14(10)17-13-11-8-4-5-9(7-8)12(11)13/h2-3,6,8-9,11-13H,4-5,7H2,1H3,(H,16,17). The summed E-state index contributed by atoms with van der Waals surface area (Å²) in [5.74, 6) is 3.85. The summed E-state index contributed by atoms with van der Waals surface area (Å²) in [7, 11) is 1.41. The van der Waals surface area contributed by atoms with Crippen molar-refractivity contribution in [3.05, 3.63) is 23.9 Å². The molecule has 4 unspecified atom stereocenters. The highest BCUT2D eigenvalue weighted by Crippen LogP contribution is 2.66. The van der Waals surface area contributed by atoms with E-state index in [4.69, 9.17) is 4.74 Å². The molecule has 4 rings (SSSR count). The number of methoxy groups -OCH3 is 1. The summed E-state index contributed by atoms with van der Waals surface area (Å²) in [5, 5.41) is 3.49. The Morgan fingerprint density at radius 3 is 2.79 bits per heavy atom. The SMILES string of the molecule is COC(=O)c1cccnc1NC1C2C3CCC(C3)C12. The van der Waals surface area contributed by atoms with Crippen LogP contribution in [0.2, 0.25) is 0 Å². The number of nitrogens with zero attached hydrogens (tertiary/aromatic N) is 1. The Kier molecular flexibility index (Phi) is 2.34. The molecule has 4 nitrogen and oxygen atoms in total. The lowest BCUT2D eigenvalue weighted by atomic mass is 10.0. The van der Waals surface area contributed by atoms with Crippen LogP contribution in [0.3, 0.4) is 0 Å². The maximum absolute atomic E-state index is 11.7. The van der Waals surface area contributed by atoms with Crippen molar-refractivity contribution in [2.24, 2.45) is 23.7 Å². The first-order chi connectivity index (χ1) is 9.29. The zero-order valence-corrected chi connectivity index (χ0v) is 11.0. The number of anilines is 1. The van der Waals surface area contributed by atoms with Gasteiger partial charge in [-0.2, -0.15) is 0 Å². The minimum absolute atomic E-state index is 0.315. The monoisotopic (exact) mass is 258 g/mol. The molecule has 3 aliphatic carbocycles. The molecule has 0 amide bonds. The van der Waals surface area contributed by atoms with Gasteiger partial charge in [0.1, 0.15) is 11.4 Å². The topological polar surface area (TPSA) is 51.2 Å². The number of carbonyl (C=O) groups is 1. The molecule has 1 N–H and O–H groups in total. The van der Waals surface area contributed by atoms with Crippen LogP contribution in [0, 0.1) is 23.7 Å². The lowest BCUT2D eigenvalue weighted by molar-refractivity contribution is 0.0601. The summed E-state index contributed by atoms with van der Waals surface area (Å²) in [4.78, 5) is 16.0. The predicted octanol–water partition coefficient (Wildman–Crippen LogP) is 2.32. The number of rotatable bonds is 3. The van der Waals surface area contributed by atoms with Crippen LogP contribution in [0.5, 0.6) is 0 Å². The zero-order valence-electron chi connectivity index (χ0n) is 11.0. The average molecular weight is 258 g/mol. The lowest BCUT2D eigenvalue weighted by Gasteiger charge is -2.13. The summed E-state index contributed by atoms with van der Waals surface area (Å²) in [6, 6.07) is 4.08. The third-order valence-electron chi connectivity index (χ3n) is 5.25. The Morgan fingerprint density at radius 2 is 2.11 bits per heavy atom. The molecule has 0 aromatic carbocycles. The number of carbonyl (C=O) groups excluding carboxylic acids is 1. The van der Waals surface area contributed by atoms with Crippen molar-refractivity contribution in [1.82, 2.24) is 4.98 Å². The van der Waals surface area contributed by atoms with E-state index in [1.165, 1.54) is 26.4 Å². The van der Waals surface area contributed by atoms with Gasteiger partial charge in [-0.05, 0) is 55.1 Å². The molecular weight excluding hydrogens is 240 g/mol. The first kappa shape index (κ1) is 11.3. The largest absolute Gasteiger partial charge is 0.465 e. The number of aromatic nitrogens is 1. The second-order valence-corrected chi connectivity index (χ2v) is 6.05. The van der Waals surface area contributed by atoms with Crippen LogP contribution in [-0.2, 0) is 4.74 Å². The van der Waals surface area contributed by atoms with E-state index in [0.717, 1.165) is 23.7 Å². The first-order valence-corrected chi connectivity index (χ1v) is 7.09.